The Bertz CT molecular complexity index is 76.4. The second-order valence-electron chi connectivity index (χ2n) is 1.35. The van der Waals surface area contributed by atoms with Crippen molar-refractivity contribution in [2.24, 2.45) is 0 Å². The van der Waals surface area contributed by atoms with E-state index in [1.165, 1.54) is 0 Å². The molecule has 4 heteroatoms. The number of likely N-dealkylation sites (N-methyl/N-ethyl adjacent to an activating group) is 1. The van der Waals surface area contributed by atoms with Gasteiger partial charge in [0.15, 0.2) is 0 Å². The van der Waals surface area contributed by atoms with Crippen molar-refractivity contribution in [3.05, 3.63) is 0 Å². The Morgan fingerprint density at radius 3 is 2.12 bits per heavy atom. The van der Waals surface area contributed by atoms with E-state index in [9.17, 15) is 4.79 Å². The molecular weight excluding hydrogens is 117 g/mol. The van der Waals surface area contributed by atoms with Gasteiger partial charge in [0, 0.05) is 0 Å². The van der Waals surface area contributed by atoms with Gasteiger partial charge in [-0.25, -0.2) is 0 Å². The molecule has 1 unspecified atom stereocenters. The summed E-state index contributed by atoms with van der Waals surface area (Å²) in [7, 11) is 1.61. The van der Waals surface area contributed by atoms with Crippen LogP contribution in [0.1, 0.15) is 6.92 Å². The molecule has 0 saturated carbocycles. The zero-order valence-electron chi connectivity index (χ0n) is 4.43. The molecular formula is C4H10NNaO2. The molecule has 0 saturated heterocycles. The molecule has 3 nitrogen and oxygen atoms in total. The van der Waals surface area contributed by atoms with Gasteiger partial charge < -0.3 is 10.4 Å². The van der Waals surface area contributed by atoms with E-state index < -0.39 is 12.0 Å². The van der Waals surface area contributed by atoms with Crippen LogP contribution in [0.15, 0.2) is 0 Å². The molecule has 0 spiro atoms. The first-order chi connectivity index (χ1) is 3.18. The van der Waals surface area contributed by atoms with Crippen molar-refractivity contribution in [2.75, 3.05) is 7.05 Å². The number of carboxylic acids is 1. The van der Waals surface area contributed by atoms with Crippen LogP contribution in [0.25, 0.3) is 0 Å². The first-order valence-electron chi connectivity index (χ1n) is 2.08. The van der Waals surface area contributed by atoms with Gasteiger partial charge in [0.25, 0.3) is 0 Å². The van der Waals surface area contributed by atoms with E-state index in [1.807, 2.05) is 0 Å². The van der Waals surface area contributed by atoms with Crippen LogP contribution >= 0.6 is 0 Å². The van der Waals surface area contributed by atoms with Crippen molar-refractivity contribution < 1.29 is 9.90 Å². The Morgan fingerprint density at radius 2 is 2.12 bits per heavy atom. The molecule has 0 aliphatic carbocycles. The average molecular weight is 127 g/mol. The summed E-state index contributed by atoms with van der Waals surface area (Å²) in [5.41, 5.74) is 0. The summed E-state index contributed by atoms with van der Waals surface area (Å²) < 4.78 is 0. The second kappa shape index (κ2) is 5.56. The average Bonchev–Trinajstić information content (AvgIpc) is 1.65. The fraction of sp³-hybridized carbons (Fsp3) is 0.750. The van der Waals surface area contributed by atoms with Gasteiger partial charge in [-0.05, 0) is 14.0 Å². The van der Waals surface area contributed by atoms with E-state index in [0.29, 0.717) is 0 Å². The van der Waals surface area contributed by atoms with Crippen LogP contribution in [0.2, 0.25) is 0 Å². The molecule has 1 atom stereocenters. The predicted octanol–water partition coefficient (Wildman–Crippen LogP) is -0.970. The molecule has 0 amide bonds. The molecule has 44 valence electrons. The van der Waals surface area contributed by atoms with E-state index >= 15 is 0 Å². The summed E-state index contributed by atoms with van der Waals surface area (Å²) in [6.45, 7) is 1.59. The Labute approximate surface area is 70.8 Å². The van der Waals surface area contributed by atoms with Crippen LogP contribution in [0.3, 0.4) is 0 Å². The molecule has 0 rings (SSSR count). The minimum absolute atomic E-state index is 0. The van der Waals surface area contributed by atoms with Gasteiger partial charge in [0.2, 0.25) is 0 Å². The number of nitrogens with one attached hydrogen (secondary N) is 1. The first-order valence-corrected chi connectivity index (χ1v) is 2.08. The molecule has 0 aromatic heterocycles. The van der Waals surface area contributed by atoms with Crippen molar-refractivity contribution in [1.29, 1.82) is 0 Å². The van der Waals surface area contributed by atoms with E-state index in [4.69, 9.17) is 5.11 Å². The van der Waals surface area contributed by atoms with Crippen molar-refractivity contribution in [3.8, 4) is 0 Å². The fourth-order valence-corrected chi connectivity index (χ4v) is 0.123. The number of hydrogen-bond acceptors (Lipinski definition) is 2. The predicted molar refractivity (Wildman–Crippen MR) is 33.3 cm³/mol. The maximum absolute atomic E-state index is 9.87. The number of hydrogen-bond donors (Lipinski definition) is 2. The first kappa shape index (κ1) is 11.3. The van der Waals surface area contributed by atoms with Gasteiger partial charge in [-0.15, -0.1) is 0 Å². The third-order valence-electron chi connectivity index (χ3n) is 0.803. The molecule has 0 aromatic carbocycles. The summed E-state index contributed by atoms with van der Waals surface area (Å²) in [4.78, 5) is 9.87. The fourth-order valence-electron chi connectivity index (χ4n) is 0.123. The van der Waals surface area contributed by atoms with E-state index in [0.717, 1.165) is 0 Å². The van der Waals surface area contributed by atoms with E-state index in [-0.39, 0.29) is 29.6 Å². The standard InChI is InChI=1S/C4H9NO2.Na.H/c1-3(5-2)4(6)7;;/h3,5H,1-2H3,(H,6,7);;. The Balaban J connectivity index is 0. The van der Waals surface area contributed by atoms with Crippen LogP contribution in [-0.4, -0.2) is 53.7 Å². The summed E-state index contributed by atoms with van der Waals surface area (Å²) in [5, 5.41) is 10.7. The Kier molecular flexibility index (Phi) is 7.83. The van der Waals surface area contributed by atoms with Crippen LogP contribution in [0.4, 0.5) is 0 Å². The summed E-state index contributed by atoms with van der Waals surface area (Å²) in [6.07, 6.45) is 0. The van der Waals surface area contributed by atoms with Gasteiger partial charge in [0.1, 0.15) is 6.04 Å². The van der Waals surface area contributed by atoms with E-state index in [2.05, 4.69) is 5.32 Å². The monoisotopic (exact) mass is 127 g/mol. The zero-order chi connectivity index (χ0) is 5.86. The van der Waals surface area contributed by atoms with Gasteiger partial charge in [-0.3, -0.25) is 4.79 Å². The molecule has 0 aliphatic rings. The summed E-state index contributed by atoms with van der Waals surface area (Å²) >= 11 is 0. The Hall–Kier alpha value is 0.430. The molecule has 2 N–H and O–H groups in total. The maximum atomic E-state index is 9.87. The summed E-state index contributed by atoms with van der Waals surface area (Å²) in [6, 6.07) is -0.431. The number of carboxylic acid groups (broad SMARTS) is 1. The molecule has 0 aromatic rings. The quantitative estimate of drug-likeness (QED) is 0.469. The molecule has 0 aliphatic heterocycles. The number of aliphatic carboxylic acids is 1. The number of carbonyl (C=O) groups is 1. The second-order valence-corrected chi connectivity index (χ2v) is 1.35. The van der Waals surface area contributed by atoms with Crippen molar-refractivity contribution >= 4 is 35.5 Å². The normalized spacial score (nSPS) is 11.8. The van der Waals surface area contributed by atoms with Crippen LogP contribution < -0.4 is 5.32 Å². The molecule has 0 fully saturated rings. The van der Waals surface area contributed by atoms with Crippen LogP contribution in [0.5, 0.6) is 0 Å². The van der Waals surface area contributed by atoms with Gasteiger partial charge >= 0.3 is 35.5 Å². The molecule has 8 heavy (non-hydrogen) atoms. The van der Waals surface area contributed by atoms with Crippen molar-refractivity contribution in [3.63, 3.8) is 0 Å². The zero-order valence-corrected chi connectivity index (χ0v) is 4.43. The van der Waals surface area contributed by atoms with Crippen LogP contribution in [-0.2, 0) is 4.79 Å². The molecule has 0 heterocycles. The van der Waals surface area contributed by atoms with Gasteiger partial charge in [0.05, 0.1) is 0 Å². The number of rotatable bonds is 2. The minimum atomic E-state index is -0.817. The van der Waals surface area contributed by atoms with E-state index in [1.54, 1.807) is 14.0 Å². The topological polar surface area (TPSA) is 49.3 Å². The Morgan fingerprint density at radius 1 is 1.75 bits per heavy atom. The SMILES string of the molecule is CNC(C)C(=O)O.[NaH]. The van der Waals surface area contributed by atoms with Crippen molar-refractivity contribution in [1.82, 2.24) is 5.32 Å². The summed E-state index contributed by atoms with van der Waals surface area (Å²) in [5.74, 6) is -0.817. The van der Waals surface area contributed by atoms with Gasteiger partial charge in [-0.2, -0.15) is 0 Å². The third-order valence-corrected chi connectivity index (χ3v) is 0.803. The molecule has 0 bridgehead atoms. The van der Waals surface area contributed by atoms with Crippen molar-refractivity contribution in [2.45, 2.75) is 13.0 Å². The van der Waals surface area contributed by atoms with Gasteiger partial charge in [-0.1, -0.05) is 0 Å². The third kappa shape index (κ3) is 4.59. The van der Waals surface area contributed by atoms with Crippen LogP contribution in [0, 0.1) is 0 Å². The molecule has 0 radical (unpaired) electrons.